The summed E-state index contributed by atoms with van der Waals surface area (Å²) in [6.45, 7) is 4.03. The molecule has 0 bridgehead atoms. The van der Waals surface area contributed by atoms with Gasteiger partial charge in [-0.3, -0.25) is 4.68 Å². The first-order chi connectivity index (χ1) is 7.50. The number of nitrogen functional groups attached to an aromatic ring is 1. The Morgan fingerprint density at radius 2 is 2.19 bits per heavy atom. The highest BCUT2D eigenvalue weighted by Gasteiger charge is 2.17. The van der Waals surface area contributed by atoms with Gasteiger partial charge in [0.05, 0.1) is 21.5 Å². The molecule has 1 atom stereocenters. The molecule has 0 aromatic carbocycles. The van der Waals surface area contributed by atoms with Crippen molar-refractivity contribution < 1.29 is 0 Å². The minimum absolute atomic E-state index is 0.107. The number of nitrogens with two attached hydrogens (primary N) is 1. The van der Waals surface area contributed by atoms with Gasteiger partial charge in [-0.2, -0.15) is 10.2 Å². The van der Waals surface area contributed by atoms with E-state index >= 15 is 0 Å². The molecule has 2 rings (SSSR count). The molecule has 0 saturated carbocycles. The van der Waals surface area contributed by atoms with Crippen molar-refractivity contribution in [1.82, 2.24) is 19.6 Å². The molecular weight excluding hydrogens is 317 g/mol. The topological polar surface area (TPSA) is 61.7 Å². The van der Waals surface area contributed by atoms with Crippen LogP contribution in [0, 0.1) is 10.5 Å². The largest absolute Gasteiger partial charge is 0.383 e. The van der Waals surface area contributed by atoms with E-state index < -0.39 is 0 Å². The second kappa shape index (κ2) is 4.08. The van der Waals surface area contributed by atoms with Crippen LogP contribution in [0.25, 0.3) is 0 Å². The van der Waals surface area contributed by atoms with Gasteiger partial charge in [-0.1, -0.05) is 0 Å². The fourth-order valence-corrected chi connectivity index (χ4v) is 1.99. The van der Waals surface area contributed by atoms with Gasteiger partial charge in [0.2, 0.25) is 0 Å². The number of aryl methyl sites for hydroxylation is 2. The van der Waals surface area contributed by atoms with Crippen LogP contribution in [0.3, 0.4) is 0 Å². The number of aromatic nitrogens is 4. The third kappa shape index (κ3) is 1.81. The van der Waals surface area contributed by atoms with Crippen LogP contribution in [-0.2, 0) is 7.05 Å². The minimum atomic E-state index is 0.107. The van der Waals surface area contributed by atoms with Gasteiger partial charge in [-0.25, -0.2) is 4.68 Å². The van der Waals surface area contributed by atoms with Crippen LogP contribution in [0.4, 0.5) is 5.82 Å². The summed E-state index contributed by atoms with van der Waals surface area (Å²) in [6, 6.07) is 0.107. The Labute approximate surface area is 108 Å². The molecule has 0 saturated heterocycles. The van der Waals surface area contributed by atoms with Gasteiger partial charge in [0.15, 0.2) is 0 Å². The smallest absolute Gasteiger partial charge is 0.136 e. The van der Waals surface area contributed by atoms with Gasteiger partial charge in [-0.15, -0.1) is 0 Å². The molecular formula is C10H14IN5. The lowest BCUT2D eigenvalue weighted by atomic mass is 10.2. The van der Waals surface area contributed by atoms with E-state index in [1.807, 2.05) is 31.0 Å². The number of halogens is 1. The third-order valence-corrected chi connectivity index (χ3v) is 3.95. The highest BCUT2D eigenvalue weighted by atomic mass is 127. The van der Waals surface area contributed by atoms with Gasteiger partial charge in [-0.05, 0) is 36.4 Å². The molecule has 6 heteroatoms. The first-order valence-corrected chi connectivity index (χ1v) is 6.07. The van der Waals surface area contributed by atoms with E-state index in [0.29, 0.717) is 0 Å². The number of hydrogen-bond donors (Lipinski definition) is 1. The molecule has 0 aliphatic rings. The Morgan fingerprint density at radius 1 is 1.50 bits per heavy atom. The maximum absolute atomic E-state index is 6.01. The fourth-order valence-electron chi connectivity index (χ4n) is 1.64. The van der Waals surface area contributed by atoms with Crippen LogP contribution in [0.5, 0.6) is 0 Å². The van der Waals surface area contributed by atoms with Crippen molar-refractivity contribution in [2.24, 2.45) is 7.05 Å². The van der Waals surface area contributed by atoms with Crippen molar-refractivity contribution in [3.63, 3.8) is 0 Å². The molecule has 0 amide bonds. The second-order valence-corrected chi connectivity index (χ2v) is 4.93. The van der Waals surface area contributed by atoms with Gasteiger partial charge >= 0.3 is 0 Å². The number of rotatable bonds is 2. The van der Waals surface area contributed by atoms with Gasteiger partial charge < -0.3 is 5.73 Å². The standard InChI is InChI=1S/C10H14IN5/c1-6-9(11)10(12)16(14-6)7(2)8-4-13-15(3)5-8/h4-5,7H,12H2,1-3H3. The summed E-state index contributed by atoms with van der Waals surface area (Å²) in [5, 5.41) is 8.60. The molecule has 0 radical (unpaired) electrons. The SMILES string of the molecule is Cc1nn(C(C)c2cnn(C)c2)c(N)c1I. The zero-order valence-electron chi connectivity index (χ0n) is 9.48. The summed E-state index contributed by atoms with van der Waals surface area (Å²) in [4.78, 5) is 0. The monoisotopic (exact) mass is 331 g/mol. The molecule has 0 fully saturated rings. The predicted molar refractivity (Wildman–Crippen MR) is 71.1 cm³/mol. The summed E-state index contributed by atoms with van der Waals surface area (Å²) in [5.74, 6) is 0.717. The van der Waals surface area contributed by atoms with E-state index in [2.05, 4.69) is 39.7 Å². The van der Waals surface area contributed by atoms with Gasteiger partial charge in [0.25, 0.3) is 0 Å². The summed E-state index contributed by atoms with van der Waals surface area (Å²) in [5.41, 5.74) is 8.09. The lowest BCUT2D eigenvalue weighted by Crippen LogP contribution is -2.11. The van der Waals surface area contributed by atoms with Crippen molar-refractivity contribution in [3.8, 4) is 0 Å². The Bertz CT molecular complexity index is 513. The van der Waals surface area contributed by atoms with E-state index in [9.17, 15) is 0 Å². The normalized spacial score (nSPS) is 13.0. The molecule has 2 aromatic heterocycles. The van der Waals surface area contributed by atoms with E-state index in [1.54, 1.807) is 4.68 Å². The molecule has 2 N–H and O–H groups in total. The molecule has 5 nitrogen and oxygen atoms in total. The molecule has 2 aromatic rings. The van der Waals surface area contributed by atoms with Crippen LogP contribution in [0.1, 0.15) is 24.2 Å². The van der Waals surface area contributed by atoms with Crippen molar-refractivity contribution >= 4 is 28.4 Å². The summed E-state index contributed by atoms with van der Waals surface area (Å²) in [6.07, 6.45) is 3.82. The maximum atomic E-state index is 6.01. The lowest BCUT2D eigenvalue weighted by molar-refractivity contribution is 0.568. The maximum Gasteiger partial charge on any atom is 0.136 e. The van der Waals surface area contributed by atoms with Crippen LogP contribution in [0.15, 0.2) is 12.4 Å². The molecule has 0 aliphatic carbocycles. The summed E-state index contributed by atoms with van der Waals surface area (Å²) >= 11 is 2.22. The fraction of sp³-hybridized carbons (Fsp3) is 0.400. The van der Waals surface area contributed by atoms with E-state index in [0.717, 1.165) is 20.6 Å². The number of nitrogens with zero attached hydrogens (tertiary/aromatic N) is 4. The molecule has 1 unspecified atom stereocenters. The average molecular weight is 331 g/mol. The highest BCUT2D eigenvalue weighted by Crippen LogP contribution is 2.25. The van der Waals surface area contributed by atoms with Crippen LogP contribution in [-0.4, -0.2) is 19.6 Å². The van der Waals surface area contributed by atoms with E-state index in [4.69, 9.17) is 5.73 Å². The molecule has 0 spiro atoms. The Kier molecular flexibility index (Phi) is 2.92. The first-order valence-electron chi connectivity index (χ1n) is 4.99. The van der Waals surface area contributed by atoms with Gasteiger partial charge in [0, 0.05) is 18.8 Å². The zero-order chi connectivity index (χ0) is 11.9. The second-order valence-electron chi connectivity index (χ2n) is 3.85. The van der Waals surface area contributed by atoms with E-state index in [-0.39, 0.29) is 6.04 Å². The van der Waals surface area contributed by atoms with Crippen LogP contribution in [0.2, 0.25) is 0 Å². The minimum Gasteiger partial charge on any atom is -0.383 e. The first kappa shape index (κ1) is 11.4. The Hall–Kier alpha value is -1.05. The summed E-state index contributed by atoms with van der Waals surface area (Å²) in [7, 11) is 1.90. The highest BCUT2D eigenvalue weighted by molar-refractivity contribution is 14.1. The van der Waals surface area contributed by atoms with Crippen LogP contribution < -0.4 is 5.73 Å². The lowest BCUT2D eigenvalue weighted by Gasteiger charge is -2.11. The van der Waals surface area contributed by atoms with Crippen molar-refractivity contribution in [3.05, 3.63) is 27.2 Å². The molecule has 0 aliphatic heterocycles. The molecule has 2 heterocycles. The quantitative estimate of drug-likeness (QED) is 0.853. The number of hydrogen-bond acceptors (Lipinski definition) is 3. The molecule has 16 heavy (non-hydrogen) atoms. The predicted octanol–water partition coefficient (Wildman–Crippen LogP) is 1.72. The Balaban J connectivity index is 2.41. The summed E-state index contributed by atoms with van der Waals surface area (Å²) < 4.78 is 4.64. The van der Waals surface area contributed by atoms with Crippen molar-refractivity contribution in [2.45, 2.75) is 19.9 Å². The van der Waals surface area contributed by atoms with E-state index in [1.165, 1.54) is 0 Å². The average Bonchev–Trinajstić information content (AvgIpc) is 2.78. The van der Waals surface area contributed by atoms with Crippen molar-refractivity contribution in [2.75, 3.05) is 5.73 Å². The van der Waals surface area contributed by atoms with Crippen LogP contribution >= 0.6 is 22.6 Å². The third-order valence-electron chi connectivity index (χ3n) is 2.62. The molecule has 86 valence electrons. The zero-order valence-corrected chi connectivity index (χ0v) is 11.6. The van der Waals surface area contributed by atoms with Gasteiger partial charge in [0.1, 0.15) is 5.82 Å². The number of anilines is 1. The van der Waals surface area contributed by atoms with Crippen molar-refractivity contribution in [1.29, 1.82) is 0 Å². The Morgan fingerprint density at radius 3 is 2.62 bits per heavy atom.